The fourth-order valence-electron chi connectivity index (χ4n) is 3.02. The number of aromatic nitrogens is 2. The average molecular weight is 356 g/mol. The number of carbonyl (C=O) groups is 2. The van der Waals surface area contributed by atoms with E-state index >= 15 is 0 Å². The standard InChI is InChI=1S/C18H20N4O2S/c23-15(17-21-20-16(25-17)12-7-8-12)19-14-6-4-5-13(11-14)18(24)22-9-2-1-3-10-22/h4-6,11-12H,1-3,7-10H2,(H,19,23). The number of benzene rings is 1. The number of hydrogen-bond donors (Lipinski definition) is 1. The number of likely N-dealkylation sites (tertiary alicyclic amines) is 1. The van der Waals surface area contributed by atoms with Crippen molar-refractivity contribution in [3.8, 4) is 0 Å². The highest BCUT2D eigenvalue weighted by Gasteiger charge is 2.28. The number of hydrogen-bond acceptors (Lipinski definition) is 5. The van der Waals surface area contributed by atoms with Gasteiger partial charge in [-0.15, -0.1) is 10.2 Å². The maximum atomic E-state index is 12.6. The number of amides is 2. The van der Waals surface area contributed by atoms with Crippen LogP contribution in [0.2, 0.25) is 0 Å². The third-order valence-corrected chi connectivity index (χ3v) is 5.66. The lowest BCUT2D eigenvalue weighted by Gasteiger charge is -2.26. The molecule has 2 amide bonds. The van der Waals surface area contributed by atoms with Gasteiger partial charge >= 0.3 is 0 Å². The summed E-state index contributed by atoms with van der Waals surface area (Å²) in [6.45, 7) is 1.62. The smallest absolute Gasteiger partial charge is 0.286 e. The summed E-state index contributed by atoms with van der Waals surface area (Å²) in [5.74, 6) is 0.249. The quantitative estimate of drug-likeness (QED) is 0.912. The zero-order valence-corrected chi connectivity index (χ0v) is 14.7. The van der Waals surface area contributed by atoms with Gasteiger partial charge in [0.2, 0.25) is 5.01 Å². The van der Waals surface area contributed by atoms with Gasteiger partial charge in [-0.2, -0.15) is 0 Å². The van der Waals surface area contributed by atoms with E-state index in [-0.39, 0.29) is 11.8 Å². The molecule has 4 rings (SSSR count). The van der Waals surface area contributed by atoms with Crippen molar-refractivity contribution in [1.29, 1.82) is 0 Å². The number of nitrogens with zero attached hydrogens (tertiary/aromatic N) is 3. The lowest BCUT2D eigenvalue weighted by Crippen LogP contribution is -2.35. The molecule has 1 aromatic heterocycles. The molecule has 0 atom stereocenters. The molecule has 1 N–H and O–H groups in total. The van der Waals surface area contributed by atoms with Gasteiger partial charge in [0.05, 0.1) is 0 Å². The van der Waals surface area contributed by atoms with Crippen molar-refractivity contribution in [2.24, 2.45) is 0 Å². The van der Waals surface area contributed by atoms with E-state index in [9.17, 15) is 9.59 Å². The fourth-order valence-corrected chi connectivity index (χ4v) is 3.92. The van der Waals surface area contributed by atoms with Gasteiger partial charge in [0.1, 0.15) is 5.01 Å². The minimum absolute atomic E-state index is 0.0303. The van der Waals surface area contributed by atoms with Crippen LogP contribution in [0.15, 0.2) is 24.3 Å². The predicted molar refractivity (Wildman–Crippen MR) is 96.0 cm³/mol. The largest absolute Gasteiger partial charge is 0.339 e. The first-order valence-corrected chi connectivity index (χ1v) is 9.56. The Balaban J connectivity index is 1.44. The molecule has 0 bridgehead atoms. The lowest BCUT2D eigenvalue weighted by molar-refractivity contribution is 0.0724. The minimum atomic E-state index is -0.271. The van der Waals surface area contributed by atoms with Gasteiger partial charge in [-0.1, -0.05) is 17.4 Å². The fraction of sp³-hybridized carbons (Fsp3) is 0.444. The van der Waals surface area contributed by atoms with E-state index < -0.39 is 0 Å². The van der Waals surface area contributed by atoms with Crippen molar-refractivity contribution < 1.29 is 9.59 Å². The molecular weight excluding hydrogens is 336 g/mol. The molecule has 0 unspecified atom stereocenters. The maximum absolute atomic E-state index is 12.6. The van der Waals surface area contributed by atoms with Crippen LogP contribution in [0.3, 0.4) is 0 Å². The van der Waals surface area contributed by atoms with Crippen LogP contribution in [0, 0.1) is 0 Å². The van der Waals surface area contributed by atoms with Crippen molar-refractivity contribution in [2.75, 3.05) is 18.4 Å². The Kier molecular flexibility index (Phi) is 4.48. The number of carbonyl (C=O) groups excluding carboxylic acids is 2. The summed E-state index contributed by atoms with van der Waals surface area (Å²) in [5.41, 5.74) is 1.21. The van der Waals surface area contributed by atoms with Crippen LogP contribution in [-0.4, -0.2) is 40.0 Å². The molecule has 1 aliphatic carbocycles. The highest BCUT2D eigenvalue weighted by Crippen LogP contribution is 2.41. The third kappa shape index (κ3) is 3.71. The summed E-state index contributed by atoms with van der Waals surface area (Å²) < 4.78 is 0. The van der Waals surface area contributed by atoms with Crippen molar-refractivity contribution in [3.63, 3.8) is 0 Å². The summed E-state index contributed by atoms with van der Waals surface area (Å²) in [4.78, 5) is 26.8. The second kappa shape index (κ2) is 6.92. The van der Waals surface area contributed by atoms with Gasteiger partial charge in [0.15, 0.2) is 0 Å². The van der Waals surface area contributed by atoms with E-state index in [4.69, 9.17) is 0 Å². The molecule has 7 heteroatoms. The van der Waals surface area contributed by atoms with Gasteiger partial charge in [0, 0.05) is 30.3 Å². The van der Waals surface area contributed by atoms with Gasteiger partial charge in [-0.25, -0.2) is 0 Å². The molecule has 1 aliphatic heterocycles. The first-order valence-electron chi connectivity index (χ1n) is 8.75. The lowest BCUT2D eigenvalue weighted by atomic mass is 10.1. The Bertz CT molecular complexity index is 794. The topological polar surface area (TPSA) is 75.2 Å². The van der Waals surface area contributed by atoms with Crippen LogP contribution in [0.25, 0.3) is 0 Å². The van der Waals surface area contributed by atoms with Gasteiger partial charge in [0.25, 0.3) is 11.8 Å². The molecule has 2 fully saturated rings. The molecule has 0 spiro atoms. The Morgan fingerprint density at radius 2 is 1.92 bits per heavy atom. The number of rotatable bonds is 4. The highest BCUT2D eigenvalue weighted by molar-refractivity contribution is 7.13. The molecule has 25 heavy (non-hydrogen) atoms. The molecule has 0 radical (unpaired) electrons. The minimum Gasteiger partial charge on any atom is -0.339 e. The summed E-state index contributed by atoms with van der Waals surface area (Å²) in [6.07, 6.45) is 5.57. The summed E-state index contributed by atoms with van der Waals surface area (Å²) in [5, 5.41) is 12.2. The van der Waals surface area contributed by atoms with Gasteiger partial charge in [-0.3, -0.25) is 9.59 Å². The van der Waals surface area contributed by atoms with Crippen molar-refractivity contribution in [2.45, 2.75) is 38.0 Å². The average Bonchev–Trinajstić information content (AvgIpc) is 3.38. The second-order valence-corrected chi connectivity index (χ2v) is 7.62. The molecule has 2 aliphatic rings. The van der Waals surface area contributed by atoms with Crippen LogP contribution in [0.5, 0.6) is 0 Å². The molecule has 2 heterocycles. The molecule has 6 nitrogen and oxygen atoms in total. The molecule has 2 aromatic rings. The van der Waals surface area contributed by atoms with Crippen LogP contribution < -0.4 is 5.32 Å². The van der Waals surface area contributed by atoms with Crippen molar-refractivity contribution >= 4 is 28.8 Å². The van der Waals surface area contributed by atoms with Crippen LogP contribution >= 0.6 is 11.3 Å². The van der Waals surface area contributed by atoms with E-state index in [0.717, 1.165) is 43.8 Å². The molecule has 1 saturated heterocycles. The van der Waals surface area contributed by atoms with Gasteiger partial charge < -0.3 is 10.2 Å². The van der Waals surface area contributed by atoms with E-state index in [1.165, 1.54) is 17.8 Å². The maximum Gasteiger partial charge on any atom is 0.286 e. The Hall–Kier alpha value is -2.28. The number of nitrogens with one attached hydrogen (secondary N) is 1. The van der Waals surface area contributed by atoms with Crippen molar-refractivity contribution in [1.82, 2.24) is 15.1 Å². The van der Waals surface area contributed by atoms with E-state index in [0.29, 0.717) is 22.2 Å². The molecule has 1 saturated carbocycles. The Morgan fingerprint density at radius 3 is 2.68 bits per heavy atom. The zero-order chi connectivity index (χ0) is 17.2. The zero-order valence-electron chi connectivity index (χ0n) is 13.9. The Morgan fingerprint density at radius 1 is 1.12 bits per heavy atom. The summed E-state index contributed by atoms with van der Waals surface area (Å²) >= 11 is 1.35. The highest BCUT2D eigenvalue weighted by atomic mass is 32.1. The third-order valence-electron chi connectivity index (χ3n) is 4.57. The number of piperidine rings is 1. The van der Waals surface area contributed by atoms with Crippen LogP contribution in [0.1, 0.15) is 63.2 Å². The van der Waals surface area contributed by atoms with E-state index in [1.807, 2.05) is 4.90 Å². The molecule has 1 aromatic carbocycles. The number of anilines is 1. The first-order chi connectivity index (χ1) is 12.2. The Labute approximate surface area is 150 Å². The summed E-state index contributed by atoms with van der Waals surface area (Å²) in [7, 11) is 0. The van der Waals surface area contributed by atoms with Crippen LogP contribution in [-0.2, 0) is 0 Å². The van der Waals surface area contributed by atoms with Gasteiger partial charge in [-0.05, 0) is 50.3 Å². The molecule has 130 valence electrons. The van der Waals surface area contributed by atoms with E-state index in [2.05, 4.69) is 15.5 Å². The molecular formula is C18H20N4O2S. The van der Waals surface area contributed by atoms with E-state index in [1.54, 1.807) is 24.3 Å². The second-order valence-electron chi connectivity index (χ2n) is 6.61. The van der Waals surface area contributed by atoms with Crippen molar-refractivity contribution in [3.05, 3.63) is 39.8 Å². The summed E-state index contributed by atoms with van der Waals surface area (Å²) in [6, 6.07) is 7.11. The predicted octanol–water partition coefficient (Wildman–Crippen LogP) is 3.29. The normalized spacial score (nSPS) is 17.4. The van der Waals surface area contributed by atoms with Crippen LogP contribution in [0.4, 0.5) is 5.69 Å². The monoisotopic (exact) mass is 356 g/mol. The SMILES string of the molecule is O=C(Nc1cccc(C(=O)N2CCCCC2)c1)c1nnc(C2CC2)s1. The first kappa shape index (κ1) is 16.2.